The molecule has 24 heavy (non-hydrogen) atoms. The van der Waals surface area contributed by atoms with Crippen LogP contribution >= 0.6 is 11.6 Å². The number of benzene rings is 1. The molecule has 0 spiro atoms. The van der Waals surface area contributed by atoms with Gasteiger partial charge >= 0.3 is 12.1 Å². The summed E-state index contributed by atoms with van der Waals surface area (Å²) >= 11 is 5.52. The second-order valence-electron chi connectivity index (χ2n) is 5.29. The zero-order valence-corrected chi connectivity index (χ0v) is 14.2. The quantitative estimate of drug-likeness (QED) is 0.750. The first-order valence-electron chi connectivity index (χ1n) is 7.05. The number of hydrogen-bond donors (Lipinski definition) is 0. The highest BCUT2D eigenvalue weighted by Gasteiger charge is 2.40. The Morgan fingerprint density at radius 2 is 2.00 bits per heavy atom. The van der Waals surface area contributed by atoms with Crippen LogP contribution in [0.1, 0.15) is 24.8 Å². The number of carbonyl (C=O) groups is 1. The van der Waals surface area contributed by atoms with Crippen LogP contribution in [0.3, 0.4) is 0 Å². The Balaban J connectivity index is 2.48. The molecule has 1 saturated heterocycles. The van der Waals surface area contributed by atoms with Gasteiger partial charge in [0.05, 0.1) is 22.6 Å². The maximum absolute atomic E-state index is 13.0. The Bertz CT molecular complexity index is 736. The summed E-state index contributed by atoms with van der Waals surface area (Å²) in [5.41, 5.74) is -1.24. The Labute approximate surface area is 142 Å². The summed E-state index contributed by atoms with van der Waals surface area (Å²) in [6, 6.07) is 1.32. The van der Waals surface area contributed by atoms with E-state index in [0.29, 0.717) is 18.9 Å². The lowest BCUT2D eigenvalue weighted by Gasteiger charge is -2.32. The Morgan fingerprint density at radius 1 is 1.33 bits per heavy atom. The second-order valence-corrected chi connectivity index (χ2v) is 7.59. The number of hydrogen-bond acceptors (Lipinski definition) is 4. The van der Waals surface area contributed by atoms with Crippen LogP contribution in [-0.2, 0) is 25.7 Å². The Hall–Kier alpha value is -1.32. The van der Waals surface area contributed by atoms with Gasteiger partial charge in [0.1, 0.15) is 6.04 Å². The highest BCUT2D eigenvalue weighted by molar-refractivity contribution is 7.89. The maximum atomic E-state index is 13.0. The molecule has 5 nitrogen and oxygen atoms in total. The van der Waals surface area contributed by atoms with Gasteiger partial charge in [0, 0.05) is 6.54 Å². The minimum absolute atomic E-state index is 0.0338. The Kier molecular flexibility index (Phi) is 5.46. The van der Waals surface area contributed by atoms with E-state index in [4.69, 9.17) is 11.6 Å². The van der Waals surface area contributed by atoms with Crippen molar-refractivity contribution in [2.45, 2.75) is 36.4 Å². The van der Waals surface area contributed by atoms with Crippen molar-refractivity contribution in [3.05, 3.63) is 28.8 Å². The van der Waals surface area contributed by atoms with Crippen LogP contribution in [0.25, 0.3) is 0 Å². The molecule has 0 saturated carbocycles. The molecule has 1 heterocycles. The molecule has 1 aromatic rings. The van der Waals surface area contributed by atoms with Crippen LogP contribution in [-0.4, -0.2) is 38.4 Å². The van der Waals surface area contributed by atoms with Crippen LogP contribution < -0.4 is 0 Å². The fourth-order valence-corrected chi connectivity index (χ4v) is 4.48. The van der Waals surface area contributed by atoms with E-state index in [9.17, 15) is 26.4 Å². The average molecular weight is 386 g/mol. The minimum Gasteiger partial charge on any atom is -0.468 e. The zero-order valence-electron chi connectivity index (χ0n) is 12.6. The summed E-state index contributed by atoms with van der Waals surface area (Å²) in [5.74, 6) is -0.733. The summed E-state index contributed by atoms with van der Waals surface area (Å²) in [4.78, 5) is 11.2. The van der Waals surface area contributed by atoms with Crippen LogP contribution in [0.2, 0.25) is 5.02 Å². The lowest BCUT2D eigenvalue weighted by atomic mass is 10.1. The van der Waals surface area contributed by atoms with E-state index in [2.05, 4.69) is 4.74 Å². The lowest BCUT2D eigenvalue weighted by molar-refractivity contribution is -0.146. The molecule has 1 atom stereocenters. The van der Waals surface area contributed by atoms with E-state index in [0.717, 1.165) is 23.5 Å². The van der Waals surface area contributed by atoms with Gasteiger partial charge in [-0.25, -0.2) is 8.42 Å². The predicted molar refractivity (Wildman–Crippen MR) is 80.0 cm³/mol. The van der Waals surface area contributed by atoms with Crippen molar-refractivity contribution in [1.29, 1.82) is 0 Å². The molecule has 10 heteroatoms. The van der Waals surface area contributed by atoms with E-state index in [1.165, 1.54) is 0 Å². The number of nitrogens with zero attached hydrogens (tertiary/aromatic N) is 1. The fourth-order valence-electron chi connectivity index (χ4n) is 2.58. The van der Waals surface area contributed by atoms with Gasteiger partial charge in [0.2, 0.25) is 10.0 Å². The predicted octanol–water partition coefficient (Wildman–Crippen LogP) is 3.08. The highest BCUT2D eigenvalue weighted by atomic mass is 35.5. The van der Waals surface area contributed by atoms with Gasteiger partial charge < -0.3 is 4.74 Å². The van der Waals surface area contributed by atoms with Crippen molar-refractivity contribution in [2.75, 3.05) is 13.7 Å². The van der Waals surface area contributed by atoms with Crippen molar-refractivity contribution < 1.29 is 31.1 Å². The molecule has 1 aromatic carbocycles. The van der Waals surface area contributed by atoms with Crippen LogP contribution in [0, 0.1) is 0 Å². The largest absolute Gasteiger partial charge is 0.468 e. The molecule has 1 aliphatic rings. The van der Waals surface area contributed by atoms with E-state index >= 15 is 0 Å². The number of rotatable bonds is 3. The van der Waals surface area contributed by atoms with Crippen molar-refractivity contribution in [1.82, 2.24) is 4.31 Å². The number of sulfonamides is 1. The first-order valence-corrected chi connectivity index (χ1v) is 8.87. The number of esters is 1. The first kappa shape index (κ1) is 19.0. The summed E-state index contributed by atoms with van der Waals surface area (Å²) in [7, 11) is -3.16. The van der Waals surface area contributed by atoms with E-state index < -0.39 is 43.7 Å². The number of halogens is 4. The lowest BCUT2D eigenvalue weighted by Crippen LogP contribution is -2.48. The van der Waals surface area contributed by atoms with Gasteiger partial charge in [0.15, 0.2) is 0 Å². The van der Waals surface area contributed by atoms with Crippen LogP contribution in [0.5, 0.6) is 0 Å². The SMILES string of the molecule is COC(=O)C1CCCCN1S(=O)(=O)c1ccc(Cl)c(C(F)(F)F)c1. The third-order valence-electron chi connectivity index (χ3n) is 3.78. The molecule has 0 radical (unpaired) electrons. The third-order valence-corrected chi connectivity index (χ3v) is 6.01. The summed E-state index contributed by atoms with van der Waals surface area (Å²) in [6.07, 6.45) is -3.40. The van der Waals surface area contributed by atoms with Crippen molar-refractivity contribution in [2.24, 2.45) is 0 Å². The van der Waals surface area contributed by atoms with Gasteiger partial charge in [-0.05, 0) is 37.5 Å². The smallest absolute Gasteiger partial charge is 0.417 e. The molecule has 1 aliphatic heterocycles. The van der Waals surface area contributed by atoms with Crippen molar-refractivity contribution in [3.63, 3.8) is 0 Å². The van der Waals surface area contributed by atoms with Gasteiger partial charge in [-0.1, -0.05) is 11.6 Å². The molecular formula is C14H15ClF3NO4S. The number of carbonyl (C=O) groups excluding carboxylic acids is 1. The Morgan fingerprint density at radius 3 is 2.58 bits per heavy atom. The average Bonchev–Trinajstić information content (AvgIpc) is 2.53. The molecule has 1 unspecified atom stereocenters. The molecule has 0 aliphatic carbocycles. The minimum atomic E-state index is -4.79. The van der Waals surface area contributed by atoms with Gasteiger partial charge in [0.25, 0.3) is 0 Å². The zero-order chi connectivity index (χ0) is 18.1. The van der Waals surface area contributed by atoms with Crippen molar-refractivity contribution in [3.8, 4) is 0 Å². The normalized spacial score (nSPS) is 20.0. The third kappa shape index (κ3) is 3.68. The second kappa shape index (κ2) is 6.89. The molecular weight excluding hydrogens is 371 g/mol. The van der Waals surface area contributed by atoms with E-state index in [1.807, 2.05) is 0 Å². The number of ether oxygens (including phenoxy) is 1. The summed E-state index contributed by atoms with van der Waals surface area (Å²) < 4.78 is 69.8. The molecule has 0 bridgehead atoms. The molecule has 0 amide bonds. The number of alkyl halides is 3. The van der Waals surface area contributed by atoms with Crippen LogP contribution in [0.4, 0.5) is 13.2 Å². The molecule has 2 rings (SSSR count). The molecule has 0 aromatic heterocycles. The number of piperidine rings is 1. The van der Waals surface area contributed by atoms with Gasteiger partial charge in [-0.15, -0.1) is 0 Å². The molecule has 1 fully saturated rings. The van der Waals surface area contributed by atoms with Crippen LogP contribution in [0.15, 0.2) is 23.1 Å². The number of methoxy groups -OCH3 is 1. The maximum Gasteiger partial charge on any atom is 0.417 e. The van der Waals surface area contributed by atoms with Gasteiger partial charge in [-0.3, -0.25) is 4.79 Å². The summed E-state index contributed by atoms with van der Waals surface area (Å²) in [5, 5.41) is -0.593. The van der Waals surface area contributed by atoms with Gasteiger partial charge in [-0.2, -0.15) is 17.5 Å². The highest BCUT2D eigenvalue weighted by Crippen LogP contribution is 2.37. The topological polar surface area (TPSA) is 63.7 Å². The first-order chi connectivity index (χ1) is 11.1. The monoisotopic (exact) mass is 385 g/mol. The summed E-state index contributed by atoms with van der Waals surface area (Å²) in [6.45, 7) is 0.0338. The van der Waals surface area contributed by atoms with Crippen molar-refractivity contribution >= 4 is 27.6 Å². The fraction of sp³-hybridized carbons (Fsp3) is 0.500. The molecule has 134 valence electrons. The van der Waals surface area contributed by atoms with E-state index in [1.54, 1.807) is 0 Å². The molecule has 0 N–H and O–H groups in total. The standard InChI is InChI=1S/C14H15ClF3NO4S/c1-23-13(20)12-4-2-3-7-19(12)24(21,22)9-5-6-11(15)10(8-9)14(16,17)18/h5-6,8,12H,2-4,7H2,1H3. The van der Waals surface area contributed by atoms with E-state index in [-0.39, 0.29) is 13.0 Å².